The van der Waals surface area contributed by atoms with Crippen molar-refractivity contribution in [1.82, 2.24) is 20.0 Å². The van der Waals surface area contributed by atoms with Gasteiger partial charge in [-0.3, -0.25) is 14.6 Å². The van der Waals surface area contributed by atoms with Crippen LogP contribution in [0.25, 0.3) is 0 Å². The number of rotatable bonds is 6. The molecule has 1 N–H and O–H groups in total. The van der Waals surface area contributed by atoms with E-state index < -0.39 is 5.54 Å². The van der Waals surface area contributed by atoms with E-state index in [0.29, 0.717) is 18.8 Å². The second-order valence-electron chi connectivity index (χ2n) is 9.76. The Morgan fingerprint density at radius 2 is 1.81 bits per heavy atom. The lowest BCUT2D eigenvalue weighted by molar-refractivity contribution is -0.135. The summed E-state index contributed by atoms with van der Waals surface area (Å²) in [5.74, 6) is 1.46. The van der Waals surface area contributed by atoms with Crippen LogP contribution in [-0.4, -0.2) is 78.1 Å². The summed E-state index contributed by atoms with van der Waals surface area (Å²) in [5.41, 5.74) is 0.524. The highest BCUT2D eigenvalue weighted by atomic mass is 16.5. The lowest BCUT2D eigenvalue weighted by Crippen LogP contribution is -2.56. The molecule has 0 aliphatic carbocycles. The zero-order chi connectivity index (χ0) is 22.0. The number of carbonyl (C=O) groups excluding carboxylic acids is 2. The Labute approximate surface area is 185 Å². The van der Waals surface area contributed by atoms with E-state index >= 15 is 0 Å². The van der Waals surface area contributed by atoms with E-state index in [-0.39, 0.29) is 18.0 Å². The number of hydrogen-bond acceptors (Lipinski definition) is 5. The van der Waals surface area contributed by atoms with Crippen LogP contribution in [-0.2, 0) is 11.3 Å². The first-order valence-electron chi connectivity index (χ1n) is 11.6. The highest BCUT2D eigenvalue weighted by molar-refractivity contribution is 6.07. The average Bonchev–Trinajstić information content (AvgIpc) is 2.99. The molecular formula is C24H36N4O3. The molecule has 3 aliphatic rings. The molecule has 1 aromatic carbocycles. The number of ether oxygens (including phenoxy) is 1. The van der Waals surface area contributed by atoms with Crippen LogP contribution < -0.4 is 10.1 Å². The van der Waals surface area contributed by atoms with E-state index in [1.54, 1.807) is 12.0 Å². The van der Waals surface area contributed by atoms with E-state index in [9.17, 15) is 9.59 Å². The second kappa shape index (κ2) is 9.17. The number of hydrogen-bond donors (Lipinski definition) is 1. The van der Waals surface area contributed by atoms with Crippen molar-refractivity contribution in [2.75, 3.05) is 39.8 Å². The van der Waals surface area contributed by atoms with E-state index in [4.69, 9.17) is 4.74 Å². The molecule has 3 amide bonds. The maximum Gasteiger partial charge on any atom is 0.325 e. The minimum absolute atomic E-state index is 0.00186. The van der Waals surface area contributed by atoms with Gasteiger partial charge in [0.15, 0.2) is 0 Å². The topological polar surface area (TPSA) is 65.1 Å². The molecule has 0 unspecified atom stereocenters. The van der Waals surface area contributed by atoms with Gasteiger partial charge in [0, 0.05) is 32.7 Å². The molecule has 3 heterocycles. The van der Waals surface area contributed by atoms with E-state index in [1.807, 2.05) is 12.1 Å². The monoisotopic (exact) mass is 428 g/mol. The number of nitrogens with zero attached hydrogens (tertiary/aromatic N) is 3. The van der Waals surface area contributed by atoms with Crippen LogP contribution in [0.2, 0.25) is 0 Å². The lowest BCUT2D eigenvalue weighted by Gasteiger charge is -2.39. The number of nitrogens with one attached hydrogen (secondary N) is 1. The Kier molecular flexibility index (Phi) is 6.53. The summed E-state index contributed by atoms with van der Waals surface area (Å²) in [7, 11) is 1.67. The Balaban J connectivity index is 1.38. The van der Waals surface area contributed by atoms with Crippen molar-refractivity contribution in [3.8, 4) is 5.75 Å². The van der Waals surface area contributed by atoms with Crippen LogP contribution in [0.1, 0.15) is 45.1 Å². The van der Waals surface area contributed by atoms with Crippen molar-refractivity contribution in [1.29, 1.82) is 0 Å². The number of urea groups is 1. The number of piperidine rings is 2. The largest absolute Gasteiger partial charge is 0.497 e. The van der Waals surface area contributed by atoms with Crippen molar-refractivity contribution in [3.63, 3.8) is 0 Å². The van der Waals surface area contributed by atoms with Crippen molar-refractivity contribution in [2.24, 2.45) is 5.92 Å². The fraction of sp³-hybridized carbons (Fsp3) is 0.667. The predicted molar refractivity (Wildman–Crippen MR) is 120 cm³/mol. The molecule has 0 aromatic heterocycles. The first-order chi connectivity index (χ1) is 14.9. The van der Waals surface area contributed by atoms with Gasteiger partial charge in [-0.2, -0.15) is 0 Å². The summed E-state index contributed by atoms with van der Waals surface area (Å²) in [6.07, 6.45) is 3.30. The van der Waals surface area contributed by atoms with Gasteiger partial charge < -0.3 is 15.0 Å². The summed E-state index contributed by atoms with van der Waals surface area (Å²) in [6, 6.07) is 7.87. The quantitative estimate of drug-likeness (QED) is 0.706. The minimum atomic E-state index is -0.692. The highest BCUT2D eigenvalue weighted by Gasteiger charge is 2.54. The fourth-order valence-corrected chi connectivity index (χ4v) is 5.32. The van der Waals surface area contributed by atoms with Gasteiger partial charge in [0.2, 0.25) is 0 Å². The SMILES string of the molecule is COc1ccc(CN2CCC[C@H](N3C(=O)NC4(CCN(CC(C)C)CC4)C3=O)C2)cc1. The number of carbonyl (C=O) groups is 2. The first kappa shape index (κ1) is 22.1. The second-order valence-corrected chi connectivity index (χ2v) is 9.76. The van der Waals surface area contributed by atoms with E-state index in [0.717, 1.165) is 57.9 Å². The molecule has 31 heavy (non-hydrogen) atoms. The zero-order valence-corrected chi connectivity index (χ0v) is 19.1. The van der Waals surface area contributed by atoms with Crippen molar-refractivity contribution < 1.29 is 14.3 Å². The average molecular weight is 429 g/mol. The van der Waals surface area contributed by atoms with Gasteiger partial charge in [-0.1, -0.05) is 26.0 Å². The Hall–Kier alpha value is -2.12. The van der Waals surface area contributed by atoms with Crippen LogP contribution in [0.5, 0.6) is 5.75 Å². The molecule has 1 atom stereocenters. The summed E-state index contributed by atoms with van der Waals surface area (Å²) in [6.45, 7) is 9.76. The Bertz CT molecular complexity index is 787. The van der Waals surface area contributed by atoms with Crippen LogP contribution in [0.15, 0.2) is 24.3 Å². The van der Waals surface area contributed by atoms with Gasteiger partial charge in [-0.15, -0.1) is 0 Å². The van der Waals surface area contributed by atoms with Gasteiger partial charge in [-0.25, -0.2) is 4.79 Å². The van der Waals surface area contributed by atoms with Crippen LogP contribution >= 0.6 is 0 Å². The van der Waals surface area contributed by atoms with Crippen LogP contribution in [0.3, 0.4) is 0 Å². The van der Waals surface area contributed by atoms with Crippen molar-refractivity contribution in [2.45, 2.75) is 57.7 Å². The molecule has 0 radical (unpaired) electrons. The Morgan fingerprint density at radius 3 is 2.45 bits per heavy atom. The lowest BCUT2D eigenvalue weighted by atomic mass is 9.86. The normalized spacial score (nSPS) is 24.8. The van der Waals surface area contributed by atoms with E-state index in [1.165, 1.54) is 5.56 Å². The third-order valence-corrected chi connectivity index (χ3v) is 6.94. The number of imide groups is 1. The Morgan fingerprint density at radius 1 is 1.10 bits per heavy atom. The third-order valence-electron chi connectivity index (χ3n) is 6.94. The molecular weight excluding hydrogens is 392 g/mol. The maximum absolute atomic E-state index is 13.4. The van der Waals surface area contributed by atoms with Crippen molar-refractivity contribution >= 4 is 11.9 Å². The number of amides is 3. The molecule has 1 spiro atoms. The minimum Gasteiger partial charge on any atom is -0.497 e. The molecule has 7 nitrogen and oxygen atoms in total. The zero-order valence-electron chi connectivity index (χ0n) is 19.1. The molecule has 0 saturated carbocycles. The number of likely N-dealkylation sites (tertiary alicyclic amines) is 2. The molecule has 0 bridgehead atoms. The number of methoxy groups -OCH3 is 1. The third kappa shape index (κ3) is 4.72. The van der Waals surface area contributed by atoms with Crippen molar-refractivity contribution in [3.05, 3.63) is 29.8 Å². The molecule has 3 fully saturated rings. The first-order valence-corrected chi connectivity index (χ1v) is 11.6. The molecule has 7 heteroatoms. The molecule has 4 rings (SSSR count). The molecule has 3 saturated heterocycles. The van der Waals surface area contributed by atoms with Crippen LogP contribution in [0.4, 0.5) is 4.79 Å². The summed E-state index contributed by atoms with van der Waals surface area (Å²) in [5, 5.41) is 3.10. The standard InChI is InChI=1S/C24H36N4O3/c1-18(2)15-26-13-10-24(11-14-26)22(29)28(23(30)25-24)20-5-4-12-27(17-20)16-19-6-8-21(31-3)9-7-19/h6-9,18,20H,4-5,10-17H2,1-3H3,(H,25,30)/t20-/m0/s1. The smallest absolute Gasteiger partial charge is 0.325 e. The predicted octanol–water partition coefficient (Wildman–Crippen LogP) is 2.70. The van der Waals surface area contributed by atoms with Gasteiger partial charge in [0.25, 0.3) is 5.91 Å². The summed E-state index contributed by atoms with van der Waals surface area (Å²) < 4.78 is 5.24. The molecule has 1 aromatic rings. The van der Waals surface area contributed by atoms with Gasteiger partial charge >= 0.3 is 6.03 Å². The molecule has 170 valence electrons. The fourth-order valence-electron chi connectivity index (χ4n) is 5.32. The number of benzene rings is 1. The summed E-state index contributed by atoms with van der Waals surface area (Å²) >= 11 is 0. The maximum atomic E-state index is 13.4. The van der Waals surface area contributed by atoms with Crippen LogP contribution in [0, 0.1) is 5.92 Å². The van der Waals surface area contributed by atoms with Gasteiger partial charge in [0.1, 0.15) is 11.3 Å². The molecule has 3 aliphatic heterocycles. The van der Waals surface area contributed by atoms with Gasteiger partial charge in [-0.05, 0) is 55.8 Å². The summed E-state index contributed by atoms with van der Waals surface area (Å²) in [4.78, 5) is 32.7. The van der Waals surface area contributed by atoms with Gasteiger partial charge in [0.05, 0.1) is 13.2 Å². The van der Waals surface area contributed by atoms with E-state index in [2.05, 4.69) is 41.1 Å². The highest BCUT2D eigenvalue weighted by Crippen LogP contribution is 2.32.